The van der Waals surface area contributed by atoms with Gasteiger partial charge in [-0.15, -0.1) is 0 Å². The number of amides is 1. The second kappa shape index (κ2) is 7.23. The lowest BCUT2D eigenvalue weighted by Gasteiger charge is -2.22. The first-order chi connectivity index (χ1) is 11.5. The van der Waals surface area contributed by atoms with Gasteiger partial charge in [-0.05, 0) is 25.2 Å². The first-order valence-corrected chi connectivity index (χ1v) is 10.2. The fraction of sp³-hybridized carbons (Fsp3) is 0.750. The zero-order valence-corrected chi connectivity index (χ0v) is 15.0. The van der Waals surface area contributed by atoms with E-state index in [1.807, 2.05) is 4.90 Å². The van der Waals surface area contributed by atoms with Crippen LogP contribution in [0.3, 0.4) is 0 Å². The van der Waals surface area contributed by atoms with Crippen molar-refractivity contribution < 1.29 is 13.2 Å². The van der Waals surface area contributed by atoms with Crippen LogP contribution in [0.2, 0.25) is 0 Å². The fourth-order valence-electron chi connectivity index (χ4n) is 3.63. The highest BCUT2D eigenvalue weighted by molar-refractivity contribution is 7.89. The molecule has 1 aliphatic heterocycles. The van der Waals surface area contributed by atoms with E-state index in [4.69, 9.17) is 0 Å². The number of imidazole rings is 1. The van der Waals surface area contributed by atoms with Crippen molar-refractivity contribution in [1.29, 1.82) is 0 Å². The molecule has 24 heavy (non-hydrogen) atoms. The van der Waals surface area contributed by atoms with E-state index in [1.54, 1.807) is 11.6 Å². The maximum atomic E-state index is 12.7. The maximum absolute atomic E-state index is 12.7. The Morgan fingerprint density at radius 3 is 2.58 bits per heavy atom. The Kier molecular flexibility index (Phi) is 5.24. The molecule has 134 valence electrons. The highest BCUT2D eigenvalue weighted by atomic mass is 32.2. The van der Waals surface area contributed by atoms with Crippen LogP contribution in [0.15, 0.2) is 17.6 Å². The summed E-state index contributed by atoms with van der Waals surface area (Å²) in [6.45, 7) is 1.89. The Balaban J connectivity index is 1.61. The molecule has 1 saturated heterocycles. The molecule has 2 fully saturated rings. The average Bonchev–Trinajstić information content (AvgIpc) is 3.13. The van der Waals surface area contributed by atoms with Gasteiger partial charge in [-0.1, -0.05) is 12.8 Å². The molecule has 0 spiro atoms. The molecule has 1 aromatic rings. The van der Waals surface area contributed by atoms with E-state index in [2.05, 4.69) is 4.98 Å². The third kappa shape index (κ3) is 3.80. The van der Waals surface area contributed by atoms with Gasteiger partial charge in [-0.25, -0.2) is 13.4 Å². The minimum atomic E-state index is -3.57. The Morgan fingerprint density at radius 2 is 1.92 bits per heavy atom. The molecule has 7 nitrogen and oxygen atoms in total. The Morgan fingerprint density at radius 1 is 1.17 bits per heavy atom. The lowest BCUT2D eigenvalue weighted by molar-refractivity contribution is -0.132. The van der Waals surface area contributed by atoms with E-state index in [0.717, 1.165) is 12.8 Å². The molecule has 2 heterocycles. The van der Waals surface area contributed by atoms with Crippen molar-refractivity contribution in [1.82, 2.24) is 18.8 Å². The first kappa shape index (κ1) is 17.4. The molecular weight excluding hydrogens is 328 g/mol. The van der Waals surface area contributed by atoms with Crippen LogP contribution < -0.4 is 0 Å². The number of carbonyl (C=O) groups is 1. The van der Waals surface area contributed by atoms with Crippen LogP contribution >= 0.6 is 0 Å². The smallest absolute Gasteiger partial charge is 0.262 e. The third-order valence-electron chi connectivity index (χ3n) is 5.03. The molecule has 1 aliphatic carbocycles. The second-order valence-corrected chi connectivity index (χ2v) is 8.76. The summed E-state index contributed by atoms with van der Waals surface area (Å²) >= 11 is 0. The Labute approximate surface area is 143 Å². The van der Waals surface area contributed by atoms with Gasteiger partial charge in [-0.3, -0.25) is 4.79 Å². The number of rotatable bonds is 4. The third-order valence-corrected chi connectivity index (χ3v) is 6.82. The van der Waals surface area contributed by atoms with Crippen molar-refractivity contribution >= 4 is 15.9 Å². The van der Waals surface area contributed by atoms with Gasteiger partial charge in [0.1, 0.15) is 0 Å². The van der Waals surface area contributed by atoms with E-state index < -0.39 is 10.0 Å². The highest BCUT2D eigenvalue weighted by Crippen LogP contribution is 2.28. The van der Waals surface area contributed by atoms with Gasteiger partial charge < -0.3 is 9.47 Å². The van der Waals surface area contributed by atoms with Crippen molar-refractivity contribution in [3.05, 3.63) is 12.5 Å². The number of nitrogens with zero attached hydrogens (tertiary/aromatic N) is 4. The highest BCUT2D eigenvalue weighted by Gasteiger charge is 2.30. The molecule has 0 bridgehead atoms. The first-order valence-electron chi connectivity index (χ1n) is 8.73. The number of aryl methyl sites for hydroxylation is 1. The van der Waals surface area contributed by atoms with Crippen molar-refractivity contribution in [2.24, 2.45) is 13.0 Å². The van der Waals surface area contributed by atoms with Gasteiger partial charge in [-0.2, -0.15) is 4.31 Å². The van der Waals surface area contributed by atoms with Crippen molar-refractivity contribution in [2.45, 2.75) is 43.6 Å². The number of hydrogen-bond acceptors (Lipinski definition) is 4. The van der Waals surface area contributed by atoms with Gasteiger partial charge in [0.25, 0.3) is 10.0 Å². The van der Waals surface area contributed by atoms with Crippen LogP contribution in [0.5, 0.6) is 0 Å². The molecule has 2 aliphatic rings. The van der Waals surface area contributed by atoms with Crippen LogP contribution in [0.1, 0.15) is 38.5 Å². The minimum absolute atomic E-state index is 0.0794. The van der Waals surface area contributed by atoms with Gasteiger partial charge in [0.15, 0.2) is 5.03 Å². The predicted octanol–water partition coefficient (Wildman–Crippen LogP) is 1.22. The standard InChI is InChI=1S/C16H26N4O3S/c1-18-12-15(17-13-18)24(22,23)20-8-4-7-19(9-10-20)16(21)11-14-5-2-3-6-14/h12-14H,2-11H2,1H3. The van der Waals surface area contributed by atoms with Gasteiger partial charge >= 0.3 is 0 Å². The largest absolute Gasteiger partial charge is 0.341 e. The summed E-state index contributed by atoms with van der Waals surface area (Å²) in [5.74, 6) is 0.702. The van der Waals surface area contributed by atoms with Gasteiger partial charge in [0.05, 0.1) is 6.33 Å². The molecule has 1 amide bonds. The van der Waals surface area contributed by atoms with Crippen molar-refractivity contribution in [3.8, 4) is 0 Å². The summed E-state index contributed by atoms with van der Waals surface area (Å²) < 4.78 is 28.4. The van der Waals surface area contributed by atoms with E-state index in [0.29, 0.717) is 44.9 Å². The molecule has 0 unspecified atom stereocenters. The van der Waals surface area contributed by atoms with Crippen molar-refractivity contribution in [3.63, 3.8) is 0 Å². The van der Waals surface area contributed by atoms with E-state index >= 15 is 0 Å². The molecule has 0 aromatic carbocycles. The van der Waals surface area contributed by atoms with Gasteiger partial charge in [0.2, 0.25) is 5.91 Å². The number of sulfonamides is 1. The number of aromatic nitrogens is 2. The summed E-state index contributed by atoms with van der Waals surface area (Å²) in [7, 11) is -1.82. The molecule has 0 radical (unpaired) electrons. The van der Waals surface area contributed by atoms with E-state index in [9.17, 15) is 13.2 Å². The van der Waals surface area contributed by atoms with E-state index in [-0.39, 0.29) is 10.9 Å². The summed E-state index contributed by atoms with van der Waals surface area (Å²) in [4.78, 5) is 18.3. The van der Waals surface area contributed by atoms with Crippen molar-refractivity contribution in [2.75, 3.05) is 26.2 Å². The average molecular weight is 354 g/mol. The summed E-state index contributed by atoms with van der Waals surface area (Å²) in [6.07, 6.45) is 9.06. The van der Waals surface area contributed by atoms with Crippen LogP contribution in [0.4, 0.5) is 0 Å². The molecule has 1 saturated carbocycles. The molecule has 3 rings (SSSR count). The molecule has 8 heteroatoms. The maximum Gasteiger partial charge on any atom is 0.262 e. The summed E-state index contributed by atoms with van der Waals surface area (Å²) in [5, 5.41) is 0.0794. The van der Waals surface area contributed by atoms with Crippen LogP contribution in [0, 0.1) is 5.92 Å². The monoisotopic (exact) mass is 354 g/mol. The zero-order valence-electron chi connectivity index (χ0n) is 14.2. The zero-order chi connectivity index (χ0) is 17.2. The summed E-state index contributed by atoms with van der Waals surface area (Å²) in [5.41, 5.74) is 0. The number of hydrogen-bond donors (Lipinski definition) is 0. The van der Waals surface area contributed by atoms with E-state index in [1.165, 1.54) is 29.7 Å². The minimum Gasteiger partial charge on any atom is -0.341 e. The lowest BCUT2D eigenvalue weighted by atomic mass is 10.0. The molecule has 0 N–H and O–H groups in total. The summed E-state index contributed by atoms with van der Waals surface area (Å²) in [6, 6.07) is 0. The fourth-order valence-corrected chi connectivity index (χ4v) is 5.06. The normalized spacial score (nSPS) is 21.1. The topological polar surface area (TPSA) is 75.5 Å². The van der Waals surface area contributed by atoms with Crippen LogP contribution in [-0.2, 0) is 21.9 Å². The quantitative estimate of drug-likeness (QED) is 0.815. The Hall–Kier alpha value is -1.41. The lowest BCUT2D eigenvalue weighted by Crippen LogP contribution is -2.37. The van der Waals surface area contributed by atoms with Gasteiger partial charge in [0, 0.05) is 45.8 Å². The van der Waals surface area contributed by atoms with Crippen LogP contribution in [-0.4, -0.2) is 59.3 Å². The molecule has 0 atom stereocenters. The predicted molar refractivity (Wildman–Crippen MR) is 89.7 cm³/mol. The molecule has 1 aromatic heterocycles. The van der Waals surface area contributed by atoms with Crippen LogP contribution in [0.25, 0.3) is 0 Å². The SMILES string of the molecule is Cn1cnc(S(=O)(=O)N2CCCN(C(=O)CC3CCCC3)CC2)c1. The Bertz CT molecular complexity index is 679. The second-order valence-electron chi connectivity index (χ2n) is 6.87. The number of carbonyl (C=O) groups excluding carboxylic acids is 1. The molecular formula is C16H26N4O3S.